The zero-order chi connectivity index (χ0) is 20.1. The van der Waals surface area contributed by atoms with Crippen LogP contribution in [0.3, 0.4) is 0 Å². The van der Waals surface area contributed by atoms with Crippen LogP contribution in [0.1, 0.15) is 44.6 Å². The molecule has 1 heterocycles. The average molecular weight is 389 g/mol. The molecule has 1 aromatic carbocycles. The molecule has 0 unspecified atom stereocenters. The van der Waals surface area contributed by atoms with Gasteiger partial charge in [0.15, 0.2) is 0 Å². The van der Waals surface area contributed by atoms with Crippen molar-refractivity contribution < 1.29 is 29.0 Å². The van der Waals surface area contributed by atoms with E-state index in [-0.39, 0.29) is 18.6 Å². The predicted octanol–water partition coefficient (Wildman–Crippen LogP) is 3.22. The molecular weight excluding hydrogens is 362 g/mol. The van der Waals surface area contributed by atoms with Gasteiger partial charge in [-0.15, -0.1) is 0 Å². The zero-order valence-corrected chi connectivity index (χ0v) is 16.1. The van der Waals surface area contributed by atoms with Crippen molar-refractivity contribution in [2.75, 3.05) is 13.2 Å². The number of carbonyl (C=O) groups excluding carboxylic acids is 2. The van der Waals surface area contributed by atoms with E-state index in [1.54, 1.807) is 0 Å². The highest BCUT2D eigenvalue weighted by atomic mass is 16.6. The largest absolute Gasteiger partial charge is 0.481 e. The van der Waals surface area contributed by atoms with E-state index in [1.807, 2.05) is 37.3 Å². The molecule has 0 radical (unpaired) electrons. The van der Waals surface area contributed by atoms with E-state index in [0.717, 1.165) is 24.8 Å². The van der Waals surface area contributed by atoms with Crippen LogP contribution in [0.15, 0.2) is 30.3 Å². The van der Waals surface area contributed by atoms with Gasteiger partial charge in [0.2, 0.25) is 0 Å². The number of esters is 1. The number of amides is 1. The molecule has 7 heteroatoms. The number of carboxylic acid groups (broad SMARTS) is 1. The first-order valence-electron chi connectivity index (χ1n) is 9.82. The van der Waals surface area contributed by atoms with Crippen LogP contribution in [0.25, 0.3) is 0 Å². The number of ether oxygens (including phenoxy) is 2. The van der Waals surface area contributed by atoms with Gasteiger partial charge in [-0.05, 0) is 36.7 Å². The monoisotopic (exact) mass is 389 g/mol. The Kier molecular flexibility index (Phi) is 6.21. The summed E-state index contributed by atoms with van der Waals surface area (Å²) in [5.74, 6) is -2.72. The van der Waals surface area contributed by atoms with Crippen molar-refractivity contribution in [2.45, 2.75) is 51.7 Å². The molecule has 1 saturated carbocycles. The number of carbonyl (C=O) groups is 3. The van der Waals surface area contributed by atoms with Gasteiger partial charge in [-0.2, -0.15) is 0 Å². The number of likely N-dealkylation sites (tertiary alicyclic amines) is 1. The minimum absolute atomic E-state index is 0.0680. The summed E-state index contributed by atoms with van der Waals surface area (Å²) in [5, 5.41) is 9.71. The molecule has 28 heavy (non-hydrogen) atoms. The van der Waals surface area contributed by atoms with Crippen LogP contribution in [0.5, 0.6) is 0 Å². The Hall–Kier alpha value is -2.57. The molecule has 1 amide bonds. The Balaban J connectivity index is 1.75. The van der Waals surface area contributed by atoms with Crippen LogP contribution in [-0.2, 0) is 25.7 Å². The quantitative estimate of drug-likeness (QED) is 0.568. The van der Waals surface area contributed by atoms with Gasteiger partial charge in [-0.1, -0.05) is 43.7 Å². The molecule has 1 aliphatic heterocycles. The lowest BCUT2D eigenvalue weighted by Gasteiger charge is -2.41. The van der Waals surface area contributed by atoms with Crippen LogP contribution in [0, 0.1) is 11.3 Å². The van der Waals surface area contributed by atoms with Gasteiger partial charge in [0.1, 0.15) is 12.6 Å². The maximum Gasteiger partial charge on any atom is 0.410 e. The third kappa shape index (κ3) is 4.64. The summed E-state index contributed by atoms with van der Waals surface area (Å²) in [6.45, 7) is 2.59. The summed E-state index contributed by atoms with van der Waals surface area (Å²) in [6.07, 6.45) is 2.98. The first-order chi connectivity index (χ1) is 13.5. The molecule has 1 aromatic rings. The van der Waals surface area contributed by atoms with Gasteiger partial charge in [-0.3, -0.25) is 9.69 Å². The molecule has 2 aliphatic rings. The lowest BCUT2D eigenvalue weighted by Crippen LogP contribution is -2.58. The number of aliphatic carboxylic acids is 1. The standard InChI is InChI=1S/C21H27NO6/c1-2-3-11-27-19(25)17-16(18(23)24)12-21(9-10-21)14-22(17)20(26)28-13-15-7-5-4-6-8-15/h4-8,16-17H,2-3,9-14H2,1H3,(H,23,24)/t16-,17-/m0/s1. The van der Waals surface area contributed by atoms with Gasteiger partial charge < -0.3 is 14.6 Å². The van der Waals surface area contributed by atoms with E-state index >= 15 is 0 Å². The van der Waals surface area contributed by atoms with Crippen LogP contribution in [0.2, 0.25) is 0 Å². The van der Waals surface area contributed by atoms with Crippen LogP contribution < -0.4 is 0 Å². The lowest BCUT2D eigenvalue weighted by molar-refractivity contribution is -0.163. The number of unbranched alkanes of at least 4 members (excludes halogenated alkanes) is 1. The second-order valence-corrected chi connectivity index (χ2v) is 7.78. The molecule has 1 aliphatic carbocycles. The Labute approximate surface area is 164 Å². The summed E-state index contributed by atoms with van der Waals surface area (Å²) in [4.78, 5) is 38.6. The Morgan fingerprint density at radius 3 is 2.50 bits per heavy atom. The molecule has 1 spiro atoms. The highest BCUT2D eigenvalue weighted by Crippen LogP contribution is 2.55. The molecule has 3 rings (SSSR count). The van der Waals surface area contributed by atoms with Gasteiger partial charge >= 0.3 is 18.0 Å². The molecular formula is C21H27NO6. The lowest BCUT2D eigenvalue weighted by atomic mass is 9.81. The van der Waals surface area contributed by atoms with Gasteiger partial charge in [0.25, 0.3) is 0 Å². The third-order valence-corrected chi connectivity index (χ3v) is 5.57. The van der Waals surface area contributed by atoms with E-state index < -0.39 is 30.0 Å². The van der Waals surface area contributed by atoms with Crippen molar-refractivity contribution in [1.29, 1.82) is 0 Å². The fourth-order valence-corrected chi connectivity index (χ4v) is 3.76. The summed E-state index contributed by atoms with van der Waals surface area (Å²) in [6, 6.07) is 8.08. The molecule has 152 valence electrons. The van der Waals surface area contributed by atoms with Crippen molar-refractivity contribution in [3.8, 4) is 0 Å². The van der Waals surface area contributed by atoms with Crippen LogP contribution >= 0.6 is 0 Å². The third-order valence-electron chi connectivity index (χ3n) is 5.57. The summed E-state index contributed by atoms with van der Waals surface area (Å²) in [7, 11) is 0. The second kappa shape index (κ2) is 8.63. The molecule has 1 saturated heterocycles. The van der Waals surface area contributed by atoms with Crippen molar-refractivity contribution in [1.82, 2.24) is 4.90 Å². The first-order valence-corrected chi connectivity index (χ1v) is 9.82. The van der Waals surface area contributed by atoms with Gasteiger partial charge in [0.05, 0.1) is 12.5 Å². The number of nitrogens with zero attached hydrogens (tertiary/aromatic N) is 1. The van der Waals surface area contributed by atoms with E-state index in [2.05, 4.69) is 0 Å². The molecule has 0 aromatic heterocycles. The molecule has 7 nitrogen and oxygen atoms in total. The van der Waals surface area contributed by atoms with Crippen molar-refractivity contribution in [2.24, 2.45) is 11.3 Å². The maximum absolute atomic E-state index is 12.8. The van der Waals surface area contributed by atoms with E-state index in [4.69, 9.17) is 9.47 Å². The molecule has 2 atom stereocenters. The SMILES string of the molecule is CCCCOC(=O)[C@@H]1[C@@H](C(=O)O)CC2(CC2)CN1C(=O)OCc1ccccc1. The van der Waals surface area contributed by atoms with E-state index in [0.29, 0.717) is 19.4 Å². The van der Waals surface area contributed by atoms with Crippen LogP contribution in [-0.4, -0.2) is 47.2 Å². The number of rotatable bonds is 7. The predicted molar refractivity (Wildman–Crippen MR) is 100 cm³/mol. The molecule has 0 bridgehead atoms. The number of carboxylic acids is 1. The molecule has 2 fully saturated rings. The Bertz CT molecular complexity index is 715. The average Bonchev–Trinajstić information content (AvgIpc) is 3.44. The highest BCUT2D eigenvalue weighted by molar-refractivity contribution is 5.88. The highest BCUT2D eigenvalue weighted by Gasteiger charge is 2.57. The zero-order valence-electron chi connectivity index (χ0n) is 16.1. The topological polar surface area (TPSA) is 93.1 Å². The number of benzene rings is 1. The van der Waals surface area contributed by atoms with Crippen molar-refractivity contribution in [3.05, 3.63) is 35.9 Å². The number of piperidine rings is 1. The first kappa shape index (κ1) is 20.2. The van der Waals surface area contributed by atoms with Crippen molar-refractivity contribution in [3.63, 3.8) is 0 Å². The van der Waals surface area contributed by atoms with Crippen LogP contribution in [0.4, 0.5) is 4.79 Å². The minimum atomic E-state index is -1.15. The molecule has 1 N–H and O–H groups in total. The fourth-order valence-electron chi connectivity index (χ4n) is 3.76. The Morgan fingerprint density at radius 1 is 1.18 bits per heavy atom. The number of hydrogen-bond acceptors (Lipinski definition) is 5. The summed E-state index contributed by atoms with van der Waals surface area (Å²) < 4.78 is 10.7. The number of hydrogen-bond donors (Lipinski definition) is 1. The van der Waals surface area contributed by atoms with Gasteiger partial charge in [0, 0.05) is 6.54 Å². The van der Waals surface area contributed by atoms with E-state index in [9.17, 15) is 19.5 Å². The normalized spacial score (nSPS) is 22.5. The van der Waals surface area contributed by atoms with E-state index in [1.165, 1.54) is 4.90 Å². The minimum Gasteiger partial charge on any atom is -0.481 e. The van der Waals surface area contributed by atoms with Crippen molar-refractivity contribution >= 4 is 18.0 Å². The summed E-state index contributed by atoms with van der Waals surface area (Å²) >= 11 is 0. The summed E-state index contributed by atoms with van der Waals surface area (Å²) in [5.41, 5.74) is 0.612. The Morgan fingerprint density at radius 2 is 1.89 bits per heavy atom. The fraction of sp³-hybridized carbons (Fsp3) is 0.571. The van der Waals surface area contributed by atoms with Gasteiger partial charge in [-0.25, -0.2) is 9.59 Å². The smallest absolute Gasteiger partial charge is 0.410 e. The maximum atomic E-state index is 12.8. The second-order valence-electron chi connectivity index (χ2n) is 7.78.